The minimum atomic E-state index is -0.645. The van der Waals surface area contributed by atoms with Crippen LogP contribution in [0.15, 0.2) is 58.5 Å². The molecule has 0 saturated heterocycles. The average Bonchev–Trinajstić information content (AvgIpc) is 3.17. The van der Waals surface area contributed by atoms with Crippen molar-refractivity contribution < 1.29 is 14.1 Å². The molecule has 0 aliphatic carbocycles. The number of carbonyl (C=O) groups is 1. The van der Waals surface area contributed by atoms with Crippen molar-refractivity contribution in [3.8, 4) is 17.4 Å². The molecule has 1 aromatic heterocycles. The Morgan fingerprint density at radius 1 is 1.23 bits per heavy atom. The van der Waals surface area contributed by atoms with Gasteiger partial charge in [0.1, 0.15) is 23.2 Å². The summed E-state index contributed by atoms with van der Waals surface area (Å²) in [6.45, 7) is 3.54. The number of amides is 1. The maximum absolute atomic E-state index is 12.5. The highest BCUT2D eigenvalue weighted by Crippen LogP contribution is 2.32. The fourth-order valence-corrected chi connectivity index (χ4v) is 3.11. The predicted molar refractivity (Wildman–Crippen MR) is 114 cm³/mol. The molecule has 30 heavy (non-hydrogen) atoms. The summed E-state index contributed by atoms with van der Waals surface area (Å²) in [7, 11) is 0. The molecule has 0 unspecified atom stereocenters. The van der Waals surface area contributed by atoms with Gasteiger partial charge in [-0.25, -0.2) is 0 Å². The quantitative estimate of drug-likeness (QED) is 0.247. The van der Waals surface area contributed by atoms with Crippen LogP contribution in [0.3, 0.4) is 0 Å². The number of nitrogens with one attached hydrogen (secondary N) is 1. The lowest BCUT2D eigenvalue weighted by molar-refractivity contribution is -0.384. The first-order valence-electron chi connectivity index (χ1n) is 8.83. The number of benzene rings is 2. The van der Waals surface area contributed by atoms with Crippen molar-refractivity contribution in [2.24, 2.45) is 0 Å². The number of hydrogen-bond acceptors (Lipinski definition) is 5. The fourth-order valence-electron chi connectivity index (χ4n) is 2.84. The Hall–Kier alpha value is -3.89. The zero-order chi connectivity index (χ0) is 21.8. The lowest BCUT2D eigenvalue weighted by atomic mass is 10.1. The molecule has 1 heterocycles. The van der Waals surface area contributed by atoms with Gasteiger partial charge >= 0.3 is 0 Å². The van der Waals surface area contributed by atoms with Crippen molar-refractivity contribution in [3.05, 3.63) is 86.1 Å². The van der Waals surface area contributed by atoms with E-state index >= 15 is 0 Å². The molecule has 0 bridgehead atoms. The molecule has 0 aliphatic rings. The van der Waals surface area contributed by atoms with Crippen LogP contribution < -0.4 is 5.32 Å². The standard InChI is InChI=1S/C22H16ClN3O4/c1-13-6-8-17(19(10-13)26(28)29)20-9-7-16(30-20)11-15(12-24)22(27)25-21-14(2)4-3-5-18(21)23/h3-11H,1-2H3,(H,25,27). The molecule has 1 N–H and O–H groups in total. The van der Waals surface area contributed by atoms with E-state index in [0.717, 1.165) is 11.1 Å². The van der Waals surface area contributed by atoms with Crippen LogP contribution in [-0.4, -0.2) is 10.8 Å². The summed E-state index contributed by atoms with van der Waals surface area (Å²) in [5.74, 6) is -0.178. The van der Waals surface area contributed by atoms with E-state index in [2.05, 4.69) is 5.32 Å². The van der Waals surface area contributed by atoms with Gasteiger partial charge in [-0.05, 0) is 49.2 Å². The number of furan rings is 1. The summed E-state index contributed by atoms with van der Waals surface area (Å²) in [5.41, 5.74) is 1.93. The summed E-state index contributed by atoms with van der Waals surface area (Å²) in [6, 6.07) is 14.9. The minimum Gasteiger partial charge on any atom is -0.456 e. The third-order valence-corrected chi connectivity index (χ3v) is 4.67. The van der Waals surface area contributed by atoms with Crippen molar-refractivity contribution in [2.45, 2.75) is 13.8 Å². The summed E-state index contributed by atoms with van der Waals surface area (Å²) in [4.78, 5) is 23.4. The molecule has 0 fully saturated rings. The van der Waals surface area contributed by atoms with E-state index in [1.165, 1.54) is 18.2 Å². The van der Waals surface area contributed by atoms with Gasteiger partial charge in [0.05, 0.1) is 21.2 Å². The van der Waals surface area contributed by atoms with Crippen LogP contribution in [0.1, 0.15) is 16.9 Å². The predicted octanol–water partition coefficient (Wildman–Crippen LogP) is 5.67. The van der Waals surface area contributed by atoms with E-state index in [1.54, 1.807) is 50.2 Å². The zero-order valence-electron chi connectivity index (χ0n) is 16.1. The van der Waals surface area contributed by atoms with E-state index in [-0.39, 0.29) is 22.8 Å². The van der Waals surface area contributed by atoms with Crippen molar-refractivity contribution in [3.63, 3.8) is 0 Å². The number of para-hydroxylation sites is 1. The number of nitro groups is 1. The van der Waals surface area contributed by atoms with Crippen molar-refractivity contribution in [1.29, 1.82) is 5.26 Å². The van der Waals surface area contributed by atoms with Gasteiger partial charge in [-0.15, -0.1) is 0 Å². The van der Waals surface area contributed by atoms with Crippen molar-refractivity contribution >= 4 is 35.0 Å². The average molecular weight is 422 g/mol. The van der Waals surface area contributed by atoms with Gasteiger partial charge in [0.15, 0.2) is 0 Å². The van der Waals surface area contributed by atoms with Crippen LogP contribution in [0.4, 0.5) is 11.4 Å². The maximum Gasteiger partial charge on any atom is 0.280 e. The third kappa shape index (κ3) is 4.40. The molecule has 0 aliphatic heterocycles. The van der Waals surface area contributed by atoms with Crippen molar-refractivity contribution in [2.75, 3.05) is 5.32 Å². The number of carbonyl (C=O) groups excluding carboxylic acids is 1. The molecule has 3 aromatic rings. The van der Waals surface area contributed by atoms with Gasteiger partial charge < -0.3 is 9.73 Å². The Labute approximate surface area is 177 Å². The van der Waals surface area contributed by atoms with Gasteiger partial charge in [0.2, 0.25) is 0 Å². The molecular weight excluding hydrogens is 406 g/mol. The van der Waals surface area contributed by atoms with Gasteiger partial charge in [-0.3, -0.25) is 14.9 Å². The first-order chi connectivity index (χ1) is 14.3. The zero-order valence-corrected chi connectivity index (χ0v) is 16.9. The second-order valence-corrected chi connectivity index (χ2v) is 6.94. The number of nitrogens with zero attached hydrogens (tertiary/aromatic N) is 2. The van der Waals surface area contributed by atoms with Gasteiger partial charge in [0.25, 0.3) is 11.6 Å². The first kappa shape index (κ1) is 20.8. The first-order valence-corrected chi connectivity index (χ1v) is 9.21. The van der Waals surface area contributed by atoms with Crippen LogP contribution in [0.5, 0.6) is 0 Å². The molecule has 0 saturated carbocycles. The summed E-state index contributed by atoms with van der Waals surface area (Å²) >= 11 is 6.11. The van der Waals surface area contributed by atoms with Crippen LogP contribution in [0.2, 0.25) is 5.02 Å². The Balaban J connectivity index is 1.90. The molecule has 0 spiro atoms. The fraction of sp³-hybridized carbons (Fsp3) is 0.0909. The Morgan fingerprint density at radius 3 is 2.67 bits per heavy atom. The van der Waals surface area contributed by atoms with Crippen molar-refractivity contribution in [1.82, 2.24) is 0 Å². The molecule has 1 amide bonds. The number of anilines is 1. The number of hydrogen-bond donors (Lipinski definition) is 1. The summed E-state index contributed by atoms with van der Waals surface area (Å²) < 4.78 is 5.64. The smallest absolute Gasteiger partial charge is 0.280 e. The van der Waals surface area contributed by atoms with Crippen LogP contribution in [0, 0.1) is 35.3 Å². The lowest BCUT2D eigenvalue weighted by Gasteiger charge is -2.09. The highest BCUT2D eigenvalue weighted by atomic mass is 35.5. The van der Waals surface area contributed by atoms with Gasteiger partial charge in [-0.2, -0.15) is 5.26 Å². The molecule has 7 nitrogen and oxygen atoms in total. The second-order valence-electron chi connectivity index (χ2n) is 6.54. The number of aryl methyl sites for hydroxylation is 2. The highest BCUT2D eigenvalue weighted by Gasteiger charge is 2.19. The Kier molecular flexibility index (Phi) is 6.00. The van der Waals surface area contributed by atoms with E-state index in [9.17, 15) is 20.2 Å². The number of nitro benzene ring substituents is 1. The van der Waals surface area contributed by atoms with E-state index in [4.69, 9.17) is 16.0 Å². The topological polar surface area (TPSA) is 109 Å². The highest BCUT2D eigenvalue weighted by molar-refractivity contribution is 6.34. The maximum atomic E-state index is 12.5. The molecule has 150 valence electrons. The normalized spacial score (nSPS) is 11.1. The molecular formula is C22H16ClN3O4. The summed E-state index contributed by atoms with van der Waals surface area (Å²) in [6.07, 6.45) is 1.27. The van der Waals surface area contributed by atoms with Crippen LogP contribution in [-0.2, 0) is 4.79 Å². The van der Waals surface area contributed by atoms with E-state index in [0.29, 0.717) is 16.3 Å². The minimum absolute atomic E-state index is 0.0904. The Morgan fingerprint density at radius 2 is 2.00 bits per heavy atom. The summed E-state index contributed by atoms with van der Waals surface area (Å²) in [5, 5.41) is 23.7. The van der Waals surface area contributed by atoms with E-state index < -0.39 is 10.8 Å². The van der Waals surface area contributed by atoms with E-state index in [1.807, 2.05) is 6.07 Å². The molecule has 0 radical (unpaired) electrons. The van der Waals surface area contributed by atoms with Crippen LogP contribution in [0.25, 0.3) is 17.4 Å². The second kappa shape index (κ2) is 8.64. The lowest BCUT2D eigenvalue weighted by Crippen LogP contribution is -2.14. The largest absolute Gasteiger partial charge is 0.456 e. The molecule has 8 heteroatoms. The van der Waals surface area contributed by atoms with Gasteiger partial charge in [0, 0.05) is 12.1 Å². The number of nitriles is 1. The van der Waals surface area contributed by atoms with Crippen LogP contribution >= 0.6 is 11.6 Å². The molecule has 3 rings (SSSR count). The molecule has 2 aromatic carbocycles. The monoisotopic (exact) mass is 421 g/mol. The SMILES string of the molecule is Cc1ccc(-c2ccc(C=C(C#N)C(=O)Nc3c(C)cccc3Cl)o2)c([N+](=O)[O-])c1. The number of rotatable bonds is 5. The third-order valence-electron chi connectivity index (χ3n) is 4.35. The molecule has 0 atom stereocenters. The van der Waals surface area contributed by atoms with Gasteiger partial charge in [-0.1, -0.05) is 29.8 Å². The Bertz CT molecular complexity index is 1200. The number of halogens is 1.